The Bertz CT molecular complexity index is 688. The Morgan fingerprint density at radius 1 is 1.10 bits per heavy atom. The third kappa shape index (κ3) is 2.95. The first kappa shape index (κ1) is 14.5. The summed E-state index contributed by atoms with van der Waals surface area (Å²) in [4.78, 5) is 6.77. The van der Waals surface area contributed by atoms with Crippen LogP contribution in [0.2, 0.25) is 0 Å². The molecule has 0 unspecified atom stereocenters. The molecule has 0 N–H and O–H groups in total. The number of hydrogen-bond acceptors (Lipinski definition) is 5. The summed E-state index contributed by atoms with van der Waals surface area (Å²) < 4.78 is 26.7. The topological polar surface area (TPSA) is 53.5 Å². The number of piperazine rings is 1. The van der Waals surface area contributed by atoms with Gasteiger partial charge in [0.15, 0.2) is 5.13 Å². The first-order valence-electron chi connectivity index (χ1n) is 6.78. The van der Waals surface area contributed by atoms with Gasteiger partial charge in [0.05, 0.1) is 4.90 Å². The third-order valence-electron chi connectivity index (χ3n) is 3.59. The van der Waals surface area contributed by atoms with Crippen LogP contribution in [-0.4, -0.2) is 43.9 Å². The summed E-state index contributed by atoms with van der Waals surface area (Å²) in [6, 6.07) is 7.02. The Kier molecular flexibility index (Phi) is 3.97. The summed E-state index contributed by atoms with van der Waals surface area (Å²) in [5.74, 6) is 0. The van der Waals surface area contributed by atoms with E-state index in [1.54, 1.807) is 34.0 Å². The van der Waals surface area contributed by atoms with Crippen LogP contribution in [0, 0.1) is 6.92 Å². The molecule has 2 heterocycles. The van der Waals surface area contributed by atoms with E-state index in [1.165, 1.54) is 0 Å². The van der Waals surface area contributed by atoms with E-state index in [1.807, 2.05) is 24.4 Å². The van der Waals surface area contributed by atoms with Gasteiger partial charge in [0.2, 0.25) is 10.0 Å². The fourth-order valence-corrected chi connectivity index (χ4v) is 4.47. The first-order valence-corrected chi connectivity index (χ1v) is 9.10. The van der Waals surface area contributed by atoms with Gasteiger partial charge in [-0.25, -0.2) is 13.4 Å². The van der Waals surface area contributed by atoms with E-state index in [4.69, 9.17) is 0 Å². The zero-order chi connectivity index (χ0) is 14.9. The van der Waals surface area contributed by atoms with Gasteiger partial charge in [0.1, 0.15) is 0 Å². The quantitative estimate of drug-likeness (QED) is 0.866. The second-order valence-corrected chi connectivity index (χ2v) is 7.83. The molecule has 0 aliphatic carbocycles. The second kappa shape index (κ2) is 5.75. The largest absolute Gasteiger partial charge is 0.345 e. The Morgan fingerprint density at radius 2 is 1.76 bits per heavy atom. The zero-order valence-corrected chi connectivity index (χ0v) is 13.4. The molecule has 112 valence electrons. The van der Waals surface area contributed by atoms with Gasteiger partial charge in [0, 0.05) is 37.8 Å². The molecule has 1 aliphatic heterocycles. The predicted molar refractivity (Wildman–Crippen MR) is 84.3 cm³/mol. The van der Waals surface area contributed by atoms with E-state index in [2.05, 4.69) is 9.88 Å². The van der Waals surface area contributed by atoms with Gasteiger partial charge in [-0.05, 0) is 19.1 Å². The minimum Gasteiger partial charge on any atom is -0.345 e. The smallest absolute Gasteiger partial charge is 0.243 e. The number of benzene rings is 1. The summed E-state index contributed by atoms with van der Waals surface area (Å²) in [5, 5.41) is 2.90. The molecular weight excluding hydrogens is 306 g/mol. The van der Waals surface area contributed by atoms with Crippen molar-refractivity contribution < 1.29 is 8.42 Å². The lowest BCUT2D eigenvalue weighted by molar-refractivity contribution is 0.385. The van der Waals surface area contributed by atoms with E-state index in [0.717, 1.165) is 10.7 Å². The van der Waals surface area contributed by atoms with Crippen LogP contribution in [0.1, 0.15) is 5.56 Å². The van der Waals surface area contributed by atoms with E-state index in [-0.39, 0.29) is 0 Å². The van der Waals surface area contributed by atoms with Crippen LogP contribution in [0.5, 0.6) is 0 Å². The van der Waals surface area contributed by atoms with E-state index >= 15 is 0 Å². The molecule has 7 heteroatoms. The van der Waals surface area contributed by atoms with Crippen molar-refractivity contribution in [2.75, 3.05) is 31.1 Å². The molecule has 0 saturated carbocycles. The number of sulfonamides is 1. The minimum absolute atomic E-state index is 0.371. The van der Waals surface area contributed by atoms with Crippen LogP contribution < -0.4 is 4.90 Å². The molecule has 3 rings (SSSR count). The number of thiazole rings is 1. The van der Waals surface area contributed by atoms with Gasteiger partial charge < -0.3 is 4.90 Å². The van der Waals surface area contributed by atoms with Crippen molar-refractivity contribution in [1.29, 1.82) is 0 Å². The van der Waals surface area contributed by atoms with Crippen LogP contribution in [0.4, 0.5) is 5.13 Å². The normalized spacial score (nSPS) is 17.1. The van der Waals surface area contributed by atoms with E-state index in [9.17, 15) is 8.42 Å². The predicted octanol–water partition coefficient (Wildman–Crippen LogP) is 1.96. The number of rotatable bonds is 3. The van der Waals surface area contributed by atoms with Gasteiger partial charge in [-0.15, -0.1) is 11.3 Å². The molecule has 0 bridgehead atoms. The molecule has 1 aromatic carbocycles. The minimum atomic E-state index is -3.38. The average molecular weight is 323 g/mol. The highest BCUT2D eigenvalue weighted by atomic mass is 32.2. The maximum absolute atomic E-state index is 12.6. The maximum Gasteiger partial charge on any atom is 0.243 e. The number of anilines is 1. The number of aryl methyl sites for hydroxylation is 1. The molecular formula is C14H17N3O2S2. The summed E-state index contributed by atoms with van der Waals surface area (Å²) in [6.45, 7) is 4.30. The Balaban J connectivity index is 1.72. The van der Waals surface area contributed by atoms with E-state index < -0.39 is 10.0 Å². The Morgan fingerprint density at radius 3 is 2.33 bits per heavy atom. The molecule has 1 aliphatic rings. The van der Waals surface area contributed by atoms with Gasteiger partial charge in [-0.1, -0.05) is 17.7 Å². The summed E-state index contributed by atoms with van der Waals surface area (Å²) in [6.07, 6.45) is 1.77. The molecule has 0 spiro atoms. The fourth-order valence-electron chi connectivity index (χ4n) is 2.35. The molecule has 1 saturated heterocycles. The highest BCUT2D eigenvalue weighted by Gasteiger charge is 2.28. The molecule has 0 amide bonds. The third-order valence-corrected chi connectivity index (χ3v) is 6.33. The van der Waals surface area contributed by atoms with Crippen LogP contribution >= 0.6 is 11.3 Å². The summed E-state index contributed by atoms with van der Waals surface area (Å²) in [5.41, 5.74) is 1.06. The fraction of sp³-hybridized carbons (Fsp3) is 0.357. The summed E-state index contributed by atoms with van der Waals surface area (Å²) >= 11 is 1.58. The van der Waals surface area contributed by atoms with Crippen molar-refractivity contribution in [3.8, 4) is 0 Å². The first-order chi connectivity index (χ1) is 10.1. The van der Waals surface area contributed by atoms with Crippen molar-refractivity contribution >= 4 is 26.5 Å². The van der Waals surface area contributed by atoms with Gasteiger partial charge in [0.25, 0.3) is 0 Å². The van der Waals surface area contributed by atoms with Gasteiger partial charge >= 0.3 is 0 Å². The molecule has 21 heavy (non-hydrogen) atoms. The Labute approximate surface area is 128 Å². The van der Waals surface area contributed by atoms with Crippen molar-refractivity contribution in [2.24, 2.45) is 0 Å². The second-order valence-electron chi connectivity index (χ2n) is 5.02. The van der Waals surface area contributed by atoms with Gasteiger partial charge in [-0.2, -0.15) is 4.31 Å². The zero-order valence-electron chi connectivity index (χ0n) is 11.8. The van der Waals surface area contributed by atoms with Gasteiger partial charge in [-0.3, -0.25) is 0 Å². The number of aromatic nitrogens is 1. The van der Waals surface area contributed by atoms with Crippen LogP contribution in [0.15, 0.2) is 40.7 Å². The number of hydrogen-bond donors (Lipinski definition) is 0. The van der Waals surface area contributed by atoms with Crippen LogP contribution in [0.25, 0.3) is 0 Å². The van der Waals surface area contributed by atoms with Crippen molar-refractivity contribution in [2.45, 2.75) is 11.8 Å². The lowest BCUT2D eigenvalue weighted by Gasteiger charge is -2.33. The molecule has 1 aromatic heterocycles. The highest BCUT2D eigenvalue weighted by molar-refractivity contribution is 7.89. The molecule has 0 atom stereocenters. The lowest BCUT2D eigenvalue weighted by Crippen LogP contribution is -2.48. The molecule has 1 fully saturated rings. The van der Waals surface area contributed by atoms with Crippen LogP contribution in [0.3, 0.4) is 0 Å². The molecule has 2 aromatic rings. The maximum atomic E-state index is 12.6. The average Bonchev–Trinajstić information content (AvgIpc) is 3.02. The number of nitrogens with zero attached hydrogens (tertiary/aromatic N) is 3. The lowest BCUT2D eigenvalue weighted by atomic mass is 10.2. The standard InChI is InChI=1S/C14H17N3O2S2/c1-12-2-4-13(5-3-12)21(18,19)17-9-7-16(8-10-17)14-15-6-11-20-14/h2-6,11H,7-10H2,1H3. The SMILES string of the molecule is Cc1ccc(S(=O)(=O)N2CCN(c3nccs3)CC2)cc1. The molecule has 5 nitrogen and oxygen atoms in total. The van der Waals surface area contributed by atoms with Crippen molar-refractivity contribution in [1.82, 2.24) is 9.29 Å². The van der Waals surface area contributed by atoms with Crippen molar-refractivity contribution in [3.05, 3.63) is 41.4 Å². The Hall–Kier alpha value is -1.44. The molecule has 0 radical (unpaired) electrons. The monoisotopic (exact) mass is 323 g/mol. The highest BCUT2D eigenvalue weighted by Crippen LogP contribution is 2.22. The summed E-state index contributed by atoms with van der Waals surface area (Å²) in [7, 11) is -3.38. The van der Waals surface area contributed by atoms with Crippen LogP contribution in [-0.2, 0) is 10.0 Å². The van der Waals surface area contributed by atoms with E-state index in [0.29, 0.717) is 31.1 Å². The van der Waals surface area contributed by atoms with Crippen molar-refractivity contribution in [3.63, 3.8) is 0 Å².